The van der Waals surface area contributed by atoms with Gasteiger partial charge in [-0.15, -0.1) is 0 Å². The fraction of sp³-hybridized carbons (Fsp3) is 0.500. The molecule has 1 saturated heterocycles. The maximum Gasteiger partial charge on any atom is 0.308 e. The molecule has 0 radical (unpaired) electrons. The molecule has 8 nitrogen and oxygen atoms in total. The largest absolute Gasteiger partial charge is 0.481 e. The van der Waals surface area contributed by atoms with Gasteiger partial charge in [0, 0.05) is 25.8 Å². The molecule has 1 fully saturated rings. The third-order valence-corrected chi connectivity index (χ3v) is 5.80. The number of nitrogens with zero attached hydrogens (tertiary/aromatic N) is 2. The molecular weight excluding hydrogens is 298 g/mol. The quantitative estimate of drug-likeness (QED) is 0.783. The number of amides is 1. The van der Waals surface area contributed by atoms with E-state index < -0.39 is 33.9 Å². The van der Waals surface area contributed by atoms with Crippen molar-refractivity contribution in [1.29, 1.82) is 0 Å². The van der Waals surface area contributed by atoms with Gasteiger partial charge in [0.2, 0.25) is 10.0 Å². The van der Waals surface area contributed by atoms with Gasteiger partial charge in [-0.1, -0.05) is 0 Å². The molecule has 0 bridgehead atoms. The van der Waals surface area contributed by atoms with E-state index in [1.54, 1.807) is 6.92 Å². The van der Waals surface area contributed by atoms with Gasteiger partial charge >= 0.3 is 5.97 Å². The average Bonchev–Trinajstić information content (AvgIpc) is 2.92. The highest BCUT2D eigenvalue weighted by Gasteiger charge is 2.42. The van der Waals surface area contributed by atoms with E-state index in [9.17, 15) is 18.0 Å². The molecular formula is C12H17N3O5S. The van der Waals surface area contributed by atoms with Crippen molar-refractivity contribution < 1.29 is 23.1 Å². The van der Waals surface area contributed by atoms with Crippen molar-refractivity contribution in [1.82, 2.24) is 8.87 Å². The zero-order valence-corrected chi connectivity index (χ0v) is 12.5. The van der Waals surface area contributed by atoms with E-state index in [-0.39, 0.29) is 23.6 Å². The average molecular weight is 315 g/mol. The molecule has 116 valence electrons. The molecule has 0 aliphatic carbocycles. The minimum absolute atomic E-state index is 0.0586. The summed E-state index contributed by atoms with van der Waals surface area (Å²) >= 11 is 0. The molecule has 2 rings (SSSR count). The molecule has 2 heterocycles. The predicted molar refractivity (Wildman–Crippen MR) is 73.0 cm³/mol. The second kappa shape index (κ2) is 5.15. The lowest BCUT2D eigenvalue weighted by molar-refractivity contribution is -0.142. The van der Waals surface area contributed by atoms with E-state index in [0.29, 0.717) is 0 Å². The highest BCUT2D eigenvalue weighted by atomic mass is 32.2. The Morgan fingerprint density at radius 3 is 2.48 bits per heavy atom. The molecule has 1 aliphatic rings. The summed E-state index contributed by atoms with van der Waals surface area (Å²) in [6.07, 6.45) is 1.57. The Hall–Kier alpha value is -1.87. The van der Waals surface area contributed by atoms with Gasteiger partial charge in [-0.2, -0.15) is 4.31 Å². The fourth-order valence-corrected chi connectivity index (χ4v) is 4.39. The zero-order valence-electron chi connectivity index (χ0n) is 11.7. The van der Waals surface area contributed by atoms with Gasteiger partial charge in [-0.25, -0.2) is 8.42 Å². The number of carboxylic acids is 1. The number of aromatic nitrogens is 1. The Bertz CT molecular complexity index is 694. The monoisotopic (exact) mass is 315 g/mol. The number of carbonyl (C=O) groups is 2. The van der Waals surface area contributed by atoms with Crippen LogP contribution in [0.15, 0.2) is 17.2 Å². The minimum atomic E-state index is -3.85. The summed E-state index contributed by atoms with van der Waals surface area (Å²) < 4.78 is 27.6. The van der Waals surface area contributed by atoms with Crippen molar-refractivity contribution in [3.8, 4) is 0 Å². The Labute approximate surface area is 122 Å². The Balaban J connectivity index is 2.37. The molecule has 0 saturated carbocycles. The smallest absolute Gasteiger partial charge is 0.308 e. The molecule has 1 aromatic rings. The van der Waals surface area contributed by atoms with E-state index in [0.717, 1.165) is 4.31 Å². The van der Waals surface area contributed by atoms with Crippen LogP contribution in [0.5, 0.6) is 0 Å². The van der Waals surface area contributed by atoms with Crippen LogP contribution in [0.25, 0.3) is 0 Å². The van der Waals surface area contributed by atoms with E-state index in [1.165, 1.54) is 23.9 Å². The third-order valence-electron chi connectivity index (χ3n) is 3.85. The van der Waals surface area contributed by atoms with Crippen molar-refractivity contribution >= 4 is 21.9 Å². The minimum Gasteiger partial charge on any atom is -0.481 e. The first-order valence-electron chi connectivity index (χ1n) is 6.37. The second-order valence-corrected chi connectivity index (χ2v) is 7.02. The van der Waals surface area contributed by atoms with Crippen LogP contribution in [0.1, 0.15) is 23.8 Å². The Kier molecular flexibility index (Phi) is 3.81. The van der Waals surface area contributed by atoms with Gasteiger partial charge in [0.05, 0.1) is 5.92 Å². The molecule has 0 aromatic carbocycles. The van der Waals surface area contributed by atoms with Crippen molar-refractivity contribution in [3.05, 3.63) is 18.0 Å². The molecule has 1 aromatic heterocycles. The first kappa shape index (κ1) is 15.5. The van der Waals surface area contributed by atoms with E-state index >= 15 is 0 Å². The molecule has 0 spiro atoms. The van der Waals surface area contributed by atoms with Crippen molar-refractivity contribution in [3.63, 3.8) is 0 Å². The summed E-state index contributed by atoms with van der Waals surface area (Å²) in [4.78, 5) is 22.2. The summed E-state index contributed by atoms with van der Waals surface area (Å²) in [5.74, 6) is -2.46. The summed E-state index contributed by atoms with van der Waals surface area (Å²) in [6.45, 7) is 1.71. The second-order valence-electron chi connectivity index (χ2n) is 5.13. The van der Waals surface area contributed by atoms with E-state index in [1.807, 2.05) is 0 Å². The number of nitrogens with two attached hydrogens (primary N) is 1. The summed E-state index contributed by atoms with van der Waals surface area (Å²) in [7, 11) is -2.33. The maximum absolute atomic E-state index is 12.6. The molecule has 1 amide bonds. The summed E-state index contributed by atoms with van der Waals surface area (Å²) in [5.41, 5.74) is 5.25. The number of aryl methyl sites for hydroxylation is 1. The van der Waals surface area contributed by atoms with Crippen LogP contribution in [0, 0.1) is 5.92 Å². The van der Waals surface area contributed by atoms with Crippen LogP contribution >= 0.6 is 0 Å². The number of carbonyl (C=O) groups excluding carboxylic acids is 1. The number of hydrogen-bond donors (Lipinski definition) is 2. The molecule has 3 N–H and O–H groups in total. The predicted octanol–water partition coefficient (Wildman–Crippen LogP) is -0.392. The molecule has 2 unspecified atom stereocenters. The van der Waals surface area contributed by atoms with Crippen LogP contribution < -0.4 is 5.73 Å². The number of sulfonamides is 1. The standard InChI is InChI=1S/C12H17N3O5S/c1-7-9(12(17)18)3-4-15(7)21(19,20)8-5-10(11(13)16)14(2)6-8/h5-7,9H,3-4H2,1-2H3,(H2,13,16)(H,17,18). The zero-order chi connectivity index (χ0) is 15.9. The van der Waals surface area contributed by atoms with Gasteiger partial charge in [-0.3, -0.25) is 9.59 Å². The number of carboxylic acid groups (broad SMARTS) is 1. The Morgan fingerprint density at radius 2 is 2.05 bits per heavy atom. The summed E-state index contributed by atoms with van der Waals surface area (Å²) in [6, 6.07) is 0.572. The number of hydrogen-bond acceptors (Lipinski definition) is 4. The number of primary amides is 1. The van der Waals surface area contributed by atoms with Gasteiger partial charge in [-0.05, 0) is 19.4 Å². The molecule has 2 atom stereocenters. The summed E-state index contributed by atoms with van der Waals surface area (Å²) in [5, 5.41) is 9.07. The normalized spacial score (nSPS) is 23.3. The van der Waals surface area contributed by atoms with Crippen molar-refractivity contribution in [2.45, 2.75) is 24.3 Å². The van der Waals surface area contributed by atoms with E-state index in [4.69, 9.17) is 10.8 Å². The number of aliphatic carboxylic acids is 1. The van der Waals surface area contributed by atoms with Gasteiger partial charge in [0.25, 0.3) is 5.91 Å². The molecule has 21 heavy (non-hydrogen) atoms. The molecule has 9 heteroatoms. The molecule has 1 aliphatic heterocycles. The van der Waals surface area contributed by atoms with Gasteiger partial charge in [0.1, 0.15) is 10.6 Å². The van der Waals surface area contributed by atoms with E-state index in [2.05, 4.69) is 0 Å². The maximum atomic E-state index is 12.6. The first-order valence-corrected chi connectivity index (χ1v) is 7.81. The number of rotatable bonds is 4. The lowest BCUT2D eigenvalue weighted by Crippen LogP contribution is -2.37. The van der Waals surface area contributed by atoms with Crippen LogP contribution in [0.4, 0.5) is 0 Å². The van der Waals surface area contributed by atoms with Crippen molar-refractivity contribution in [2.24, 2.45) is 18.7 Å². The topological polar surface area (TPSA) is 123 Å². The van der Waals surface area contributed by atoms with Crippen LogP contribution in [-0.4, -0.2) is 46.9 Å². The van der Waals surface area contributed by atoms with Crippen LogP contribution in [0.3, 0.4) is 0 Å². The third kappa shape index (κ3) is 2.54. The highest BCUT2D eigenvalue weighted by Crippen LogP contribution is 2.30. The van der Waals surface area contributed by atoms with Crippen LogP contribution in [-0.2, 0) is 21.9 Å². The van der Waals surface area contributed by atoms with Crippen LogP contribution in [0.2, 0.25) is 0 Å². The van der Waals surface area contributed by atoms with Gasteiger partial charge < -0.3 is 15.4 Å². The lowest BCUT2D eigenvalue weighted by atomic mass is 10.0. The first-order chi connectivity index (χ1) is 9.66. The highest BCUT2D eigenvalue weighted by molar-refractivity contribution is 7.89. The van der Waals surface area contributed by atoms with Gasteiger partial charge in [0.15, 0.2) is 0 Å². The van der Waals surface area contributed by atoms with Crippen molar-refractivity contribution in [2.75, 3.05) is 6.54 Å². The fourth-order valence-electron chi connectivity index (χ4n) is 2.64. The lowest BCUT2D eigenvalue weighted by Gasteiger charge is -2.22. The SMILES string of the molecule is CC1C(C(=O)O)CCN1S(=O)(=O)c1cc(C(N)=O)n(C)c1. The Morgan fingerprint density at radius 1 is 1.43 bits per heavy atom.